The summed E-state index contributed by atoms with van der Waals surface area (Å²) in [5.41, 5.74) is 6.00. The zero-order chi connectivity index (χ0) is 11.4. The first-order chi connectivity index (χ1) is 7.77. The molecule has 1 aliphatic carbocycles. The molecule has 2 aliphatic rings. The molecule has 0 radical (unpaired) electrons. The number of carbonyl (C=O) groups excluding carboxylic acids is 1. The molecule has 2 fully saturated rings. The number of nitrogens with one attached hydrogen (secondary N) is 1. The van der Waals surface area contributed by atoms with Crippen molar-refractivity contribution in [2.24, 2.45) is 5.73 Å². The highest BCUT2D eigenvalue weighted by molar-refractivity contribution is 5.74. The van der Waals surface area contributed by atoms with E-state index in [1.165, 1.54) is 12.8 Å². The first-order valence-corrected chi connectivity index (χ1v) is 6.16. The van der Waals surface area contributed by atoms with Gasteiger partial charge in [0, 0.05) is 25.2 Å². The number of nitrogens with zero attached hydrogens (tertiary/aromatic N) is 1. The lowest BCUT2D eigenvalue weighted by Crippen LogP contribution is -2.54. The van der Waals surface area contributed by atoms with Gasteiger partial charge in [0.15, 0.2) is 0 Å². The summed E-state index contributed by atoms with van der Waals surface area (Å²) in [4.78, 5) is 13.7. The lowest BCUT2D eigenvalue weighted by molar-refractivity contribution is 0.0519. The summed E-state index contributed by atoms with van der Waals surface area (Å²) in [5.74, 6) is 0. The second kappa shape index (κ2) is 5.50. The van der Waals surface area contributed by atoms with E-state index in [1.54, 1.807) is 0 Å². The van der Waals surface area contributed by atoms with Gasteiger partial charge in [-0.1, -0.05) is 12.8 Å². The predicted molar refractivity (Wildman–Crippen MR) is 61.2 cm³/mol. The molecule has 5 heteroatoms. The molecule has 1 heterocycles. The van der Waals surface area contributed by atoms with E-state index in [0.717, 1.165) is 12.8 Å². The van der Waals surface area contributed by atoms with E-state index in [0.29, 0.717) is 26.3 Å². The lowest BCUT2D eigenvalue weighted by atomic mass is 9.91. The molecular formula is C11H21N3O2. The topological polar surface area (TPSA) is 67.6 Å². The highest BCUT2D eigenvalue weighted by Crippen LogP contribution is 2.17. The van der Waals surface area contributed by atoms with Gasteiger partial charge >= 0.3 is 6.03 Å². The molecule has 0 bridgehead atoms. The van der Waals surface area contributed by atoms with Crippen molar-refractivity contribution in [3.8, 4) is 0 Å². The van der Waals surface area contributed by atoms with E-state index in [2.05, 4.69) is 5.32 Å². The molecule has 1 saturated heterocycles. The maximum Gasteiger partial charge on any atom is 0.317 e. The van der Waals surface area contributed by atoms with Gasteiger partial charge in [-0.05, 0) is 12.8 Å². The lowest BCUT2D eigenvalue weighted by Gasteiger charge is -2.33. The van der Waals surface area contributed by atoms with Gasteiger partial charge < -0.3 is 20.7 Å². The van der Waals surface area contributed by atoms with E-state index >= 15 is 0 Å². The van der Waals surface area contributed by atoms with E-state index in [1.807, 2.05) is 4.90 Å². The van der Waals surface area contributed by atoms with Crippen LogP contribution in [0.25, 0.3) is 0 Å². The standard InChI is InChI=1S/C11H21N3O2/c12-9-3-1-2-4-10(9)13-11(15)14-5-7-16-8-6-14/h9-10H,1-8,12H2,(H,13,15)/t9-,10-/m1/s1. The maximum atomic E-state index is 11.9. The Hall–Kier alpha value is -0.810. The minimum atomic E-state index is 0.0191. The summed E-state index contributed by atoms with van der Waals surface area (Å²) in [6.45, 7) is 2.66. The third kappa shape index (κ3) is 2.86. The molecular weight excluding hydrogens is 206 g/mol. The van der Waals surface area contributed by atoms with Crippen molar-refractivity contribution in [2.45, 2.75) is 37.8 Å². The summed E-state index contributed by atoms with van der Waals surface area (Å²) >= 11 is 0. The summed E-state index contributed by atoms with van der Waals surface area (Å²) in [6, 6.07) is 0.300. The Bertz CT molecular complexity index is 241. The summed E-state index contributed by atoms with van der Waals surface area (Å²) in [7, 11) is 0. The van der Waals surface area contributed by atoms with Crippen LogP contribution in [0.4, 0.5) is 4.79 Å². The molecule has 0 spiro atoms. The minimum absolute atomic E-state index is 0.0191. The maximum absolute atomic E-state index is 11.9. The molecule has 0 unspecified atom stereocenters. The normalized spacial score (nSPS) is 31.2. The number of morpholine rings is 1. The minimum Gasteiger partial charge on any atom is -0.378 e. The first kappa shape index (κ1) is 11.7. The first-order valence-electron chi connectivity index (χ1n) is 6.16. The van der Waals surface area contributed by atoms with Gasteiger partial charge in [0.2, 0.25) is 0 Å². The van der Waals surface area contributed by atoms with E-state index in [4.69, 9.17) is 10.5 Å². The predicted octanol–water partition coefficient (Wildman–Crippen LogP) is 0.298. The second-order valence-electron chi connectivity index (χ2n) is 4.60. The fourth-order valence-electron chi connectivity index (χ4n) is 2.36. The zero-order valence-electron chi connectivity index (χ0n) is 9.65. The van der Waals surface area contributed by atoms with Crippen LogP contribution in [0.2, 0.25) is 0 Å². The summed E-state index contributed by atoms with van der Waals surface area (Å²) in [6.07, 6.45) is 4.39. The number of carbonyl (C=O) groups is 1. The molecule has 2 rings (SSSR count). The van der Waals surface area contributed by atoms with Crippen molar-refractivity contribution in [3.05, 3.63) is 0 Å². The monoisotopic (exact) mass is 227 g/mol. The van der Waals surface area contributed by atoms with Crippen molar-refractivity contribution < 1.29 is 9.53 Å². The molecule has 1 saturated carbocycles. The van der Waals surface area contributed by atoms with Gasteiger partial charge in [0.25, 0.3) is 0 Å². The fraction of sp³-hybridized carbons (Fsp3) is 0.909. The Morgan fingerprint density at radius 3 is 2.62 bits per heavy atom. The average Bonchev–Trinajstić information content (AvgIpc) is 2.33. The number of nitrogens with two attached hydrogens (primary N) is 1. The Labute approximate surface area is 96.3 Å². The van der Waals surface area contributed by atoms with Crippen LogP contribution in [0.1, 0.15) is 25.7 Å². The third-order valence-corrected chi connectivity index (χ3v) is 3.43. The summed E-state index contributed by atoms with van der Waals surface area (Å²) < 4.78 is 5.21. The van der Waals surface area contributed by atoms with Gasteiger partial charge in [0.05, 0.1) is 13.2 Å². The van der Waals surface area contributed by atoms with Crippen LogP contribution in [0.3, 0.4) is 0 Å². The molecule has 0 aromatic rings. The van der Waals surface area contributed by atoms with Gasteiger partial charge in [-0.25, -0.2) is 4.79 Å². The number of rotatable bonds is 1. The molecule has 2 atom stereocenters. The van der Waals surface area contributed by atoms with E-state index < -0.39 is 0 Å². The SMILES string of the molecule is N[C@@H]1CCCC[C@H]1NC(=O)N1CCOCC1. The van der Waals surface area contributed by atoms with Crippen molar-refractivity contribution in [1.82, 2.24) is 10.2 Å². The Balaban J connectivity index is 1.80. The number of amides is 2. The largest absolute Gasteiger partial charge is 0.378 e. The Morgan fingerprint density at radius 1 is 1.25 bits per heavy atom. The van der Waals surface area contributed by atoms with Crippen molar-refractivity contribution in [3.63, 3.8) is 0 Å². The zero-order valence-corrected chi connectivity index (χ0v) is 9.65. The van der Waals surface area contributed by atoms with Crippen LogP contribution in [0, 0.1) is 0 Å². The molecule has 16 heavy (non-hydrogen) atoms. The number of ether oxygens (including phenoxy) is 1. The van der Waals surface area contributed by atoms with Crippen LogP contribution in [-0.2, 0) is 4.74 Å². The highest BCUT2D eigenvalue weighted by Gasteiger charge is 2.25. The Morgan fingerprint density at radius 2 is 1.94 bits per heavy atom. The Kier molecular flexibility index (Phi) is 4.01. The molecule has 3 N–H and O–H groups in total. The summed E-state index contributed by atoms with van der Waals surface area (Å²) in [5, 5.41) is 3.04. The van der Waals surface area contributed by atoms with Crippen molar-refractivity contribution in [1.29, 1.82) is 0 Å². The van der Waals surface area contributed by atoms with Crippen LogP contribution in [0.5, 0.6) is 0 Å². The molecule has 0 aromatic carbocycles. The van der Waals surface area contributed by atoms with Gasteiger partial charge in [-0.3, -0.25) is 0 Å². The van der Waals surface area contributed by atoms with E-state index in [9.17, 15) is 4.79 Å². The number of hydrogen-bond acceptors (Lipinski definition) is 3. The van der Waals surface area contributed by atoms with Gasteiger partial charge in [0.1, 0.15) is 0 Å². The molecule has 2 amide bonds. The van der Waals surface area contributed by atoms with Gasteiger partial charge in [-0.15, -0.1) is 0 Å². The quantitative estimate of drug-likeness (QED) is 0.677. The van der Waals surface area contributed by atoms with Crippen LogP contribution < -0.4 is 11.1 Å². The molecule has 0 aromatic heterocycles. The molecule has 92 valence electrons. The van der Waals surface area contributed by atoms with Crippen molar-refractivity contribution >= 4 is 6.03 Å². The van der Waals surface area contributed by atoms with Gasteiger partial charge in [-0.2, -0.15) is 0 Å². The van der Waals surface area contributed by atoms with Crippen LogP contribution in [-0.4, -0.2) is 49.3 Å². The van der Waals surface area contributed by atoms with Crippen LogP contribution in [0.15, 0.2) is 0 Å². The highest BCUT2D eigenvalue weighted by atomic mass is 16.5. The number of hydrogen-bond donors (Lipinski definition) is 2. The third-order valence-electron chi connectivity index (χ3n) is 3.43. The van der Waals surface area contributed by atoms with Crippen molar-refractivity contribution in [2.75, 3.05) is 26.3 Å². The molecule has 5 nitrogen and oxygen atoms in total. The average molecular weight is 227 g/mol. The number of urea groups is 1. The van der Waals surface area contributed by atoms with E-state index in [-0.39, 0.29) is 18.1 Å². The molecule has 1 aliphatic heterocycles. The van der Waals surface area contributed by atoms with Crippen LogP contribution >= 0.6 is 0 Å². The fourth-order valence-corrected chi connectivity index (χ4v) is 2.36. The second-order valence-corrected chi connectivity index (χ2v) is 4.60. The smallest absolute Gasteiger partial charge is 0.317 e.